The van der Waals surface area contributed by atoms with Crippen LogP contribution < -0.4 is 5.56 Å². The van der Waals surface area contributed by atoms with E-state index >= 15 is 0 Å². The minimum atomic E-state index is -0.766. The normalized spacial score (nSPS) is 11.5. The van der Waals surface area contributed by atoms with E-state index in [9.17, 15) is 13.6 Å². The van der Waals surface area contributed by atoms with Crippen LogP contribution in [-0.4, -0.2) is 15.9 Å². The Morgan fingerprint density at radius 2 is 1.93 bits per heavy atom. The second-order valence-corrected chi connectivity index (χ2v) is 6.94. The van der Waals surface area contributed by atoms with Gasteiger partial charge in [0.25, 0.3) is 5.56 Å². The van der Waals surface area contributed by atoms with Crippen molar-refractivity contribution in [1.29, 1.82) is 0 Å². The van der Waals surface area contributed by atoms with Crippen molar-refractivity contribution in [2.75, 3.05) is 0 Å². The number of halogens is 3. The molecule has 0 N–H and O–H groups in total. The zero-order valence-corrected chi connectivity index (χ0v) is 15.1. The summed E-state index contributed by atoms with van der Waals surface area (Å²) in [6, 6.07) is 10.2. The van der Waals surface area contributed by atoms with Crippen molar-refractivity contribution in [1.82, 2.24) is 9.66 Å². The molecule has 4 nitrogen and oxygen atoms in total. The Balaban J connectivity index is 1.80. The predicted molar refractivity (Wildman–Crippen MR) is 104 cm³/mol. The number of hydrogen-bond donors (Lipinski definition) is 0. The van der Waals surface area contributed by atoms with E-state index in [1.54, 1.807) is 12.1 Å². The average molecular weight is 402 g/mol. The molecule has 0 aliphatic rings. The second-order valence-electron chi connectivity index (χ2n) is 5.64. The zero-order chi connectivity index (χ0) is 19.0. The van der Waals surface area contributed by atoms with Crippen LogP contribution in [0.1, 0.15) is 5.56 Å². The van der Waals surface area contributed by atoms with E-state index in [4.69, 9.17) is 11.6 Å². The van der Waals surface area contributed by atoms with E-state index in [0.29, 0.717) is 15.2 Å². The highest BCUT2D eigenvalue weighted by Gasteiger charge is 2.13. The molecule has 0 fully saturated rings. The highest BCUT2D eigenvalue weighted by molar-refractivity contribution is 7.17. The summed E-state index contributed by atoms with van der Waals surface area (Å²) in [5.41, 5.74) is 1.23. The van der Waals surface area contributed by atoms with Gasteiger partial charge in [-0.1, -0.05) is 23.7 Å². The fraction of sp³-hybridized carbons (Fsp3) is 0. The Morgan fingerprint density at radius 1 is 1.15 bits per heavy atom. The molecule has 0 saturated heterocycles. The fourth-order valence-corrected chi connectivity index (χ4v) is 3.61. The van der Waals surface area contributed by atoms with Crippen LogP contribution in [-0.2, 0) is 0 Å². The molecule has 0 unspecified atom stereocenters. The molecule has 0 spiro atoms. The van der Waals surface area contributed by atoms with Crippen LogP contribution in [0.3, 0.4) is 0 Å². The Kier molecular flexibility index (Phi) is 4.55. The molecular weight excluding hydrogens is 392 g/mol. The van der Waals surface area contributed by atoms with E-state index in [1.807, 2.05) is 17.5 Å². The largest absolute Gasteiger partial charge is 0.283 e. The minimum Gasteiger partial charge on any atom is -0.267 e. The van der Waals surface area contributed by atoms with Crippen LogP contribution in [0.5, 0.6) is 0 Å². The van der Waals surface area contributed by atoms with Crippen LogP contribution in [0.2, 0.25) is 5.02 Å². The maximum Gasteiger partial charge on any atom is 0.283 e. The van der Waals surface area contributed by atoms with Gasteiger partial charge in [0, 0.05) is 27.6 Å². The van der Waals surface area contributed by atoms with E-state index in [1.165, 1.54) is 23.7 Å². The summed E-state index contributed by atoms with van der Waals surface area (Å²) in [6.07, 6.45) is 2.42. The Labute approximate surface area is 161 Å². The molecule has 27 heavy (non-hydrogen) atoms. The van der Waals surface area contributed by atoms with E-state index < -0.39 is 11.6 Å². The summed E-state index contributed by atoms with van der Waals surface area (Å²) in [4.78, 5) is 17.7. The number of rotatable bonds is 3. The topological polar surface area (TPSA) is 47.2 Å². The first-order valence-corrected chi connectivity index (χ1v) is 9.03. The molecule has 0 aliphatic heterocycles. The molecule has 0 atom stereocenters. The SMILES string of the molecule is O=c1c2c(-c3ccc(Cl)cc3)csc2ncn1/N=C/c1ccc(F)cc1F. The highest BCUT2D eigenvalue weighted by Crippen LogP contribution is 2.31. The maximum atomic E-state index is 13.7. The zero-order valence-electron chi connectivity index (χ0n) is 13.6. The lowest BCUT2D eigenvalue weighted by Crippen LogP contribution is -2.16. The smallest absolute Gasteiger partial charge is 0.267 e. The van der Waals surface area contributed by atoms with Gasteiger partial charge in [0.05, 0.1) is 11.6 Å². The van der Waals surface area contributed by atoms with Gasteiger partial charge in [0.2, 0.25) is 0 Å². The van der Waals surface area contributed by atoms with Gasteiger partial charge >= 0.3 is 0 Å². The van der Waals surface area contributed by atoms with Gasteiger partial charge in [-0.3, -0.25) is 4.79 Å². The molecule has 0 amide bonds. The van der Waals surface area contributed by atoms with Crippen LogP contribution >= 0.6 is 22.9 Å². The Hall–Kier alpha value is -2.90. The average Bonchev–Trinajstić information content (AvgIpc) is 3.08. The molecule has 134 valence electrons. The minimum absolute atomic E-state index is 0.0617. The lowest BCUT2D eigenvalue weighted by atomic mass is 10.1. The van der Waals surface area contributed by atoms with Crippen molar-refractivity contribution < 1.29 is 8.78 Å². The number of benzene rings is 2. The van der Waals surface area contributed by atoms with Gasteiger partial charge in [-0.2, -0.15) is 9.78 Å². The maximum absolute atomic E-state index is 13.7. The summed E-state index contributed by atoms with van der Waals surface area (Å²) < 4.78 is 27.7. The summed E-state index contributed by atoms with van der Waals surface area (Å²) >= 11 is 7.26. The summed E-state index contributed by atoms with van der Waals surface area (Å²) in [7, 11) is 0. The van der Waals surface area contributed by atoms with Gasteiger partial charge in [-0.15, -0.1) is 11.3 Å². The third-order valence-electron chi connectivity index (χ3n) is 3.92. The molecule has 4 aromatic rings. The monoisotopic (exact) mass is 401 g/mol. The highest BCUT2D eigenvalue weighted by atomic mass is 35.5. The first-order valence-electron chi connectivity index (χ1n) is 7.77. The van der Waals surface area contributed by atoms with E-state index in [2.05, 4.69) is 10.1 Å². The first-order chi connectivity index (χ1) is 13.0. The van der Waals surface area contributed by atoms with Crippen LogP contribution in [0.4, 0.5) is 8.78 Å². The molecule has 0 aliphatic carbocycles. The quantitative estimate of drug-likeness (QED) is 0.456. The van der Waals surface area contributed by atoms with Crippen molar-refractivity contribution in [2.24, 2.45) is 5.10 Å². The number of thiophene rings is 1. The first kappa shape index (κ1) is 17.5. The van der Waals surface area contributed by atoms with Crippen LogP contribution in [0.15, 0.2) is 64.1 Å². The molecule has 2 aromatic heterocycles. The Bertz CT molecular complexity index is 1230. The van der Waals surface area contributed by atoms with Crippen LogP contribution in [0.25, 0.3) is 21.3 Å². The van der Waals surface area contributed by atoms with Crippen LogP contribution in [0, 0.1) is 11.6 Å². The number of nitrogens with zero attached hydrogens (tertiary/aromatic N) is 3. The summed E-state index contributed by atoms with van der Waals surface area (Å²) in [6.45, 7) is 0. The lowest BCUT2D eigenvalue weighted by molar-refractivity contribution is 0.582. The van der Waals surface area contributed by atoms with E-state index in [-0.39, 0.29) is 11.1 Å². The molecule has 0 radical (unpaired) electrons. The van der Waals surface area contributed by atoms with Crippen molar-refractivity contribution in [3.05, 3.63) is 86.7 Å². The molecular formula is C19H10ClF2N3OS. The van der Waals surface area contributed by atoms with Crippen molar-refractivity contribution in [3.8, 4) is 11.1 Å². The third kappa shape index (κ3) is 3.39. The van der Waals surface area contributed by atoms with Crippen molar-refractivity contribution >= 4 is 39.4 Å². The molecule has 2 aromatic carbocycles. The van der Waals surface area contributed by atoms with Gasteiger partial charge in [-0.25, -0.2) is 13.8 Å². The third-order valence-corrected chi connectivity index (χ3v) is 5.06. The van der Waals surface area contributed by atoms with E-state index in [0.717, 1.165) is 34.2 Å². The molecule has 8 heteroatoms. The number of aromatic nitrogens is 2. The van der Waals surface area contributed by atoms with Gasteiger partial charge in [0.15, 0.2) is 0 Å². The van der Waals surface area contributed by atoms with Crippen molar-refractivity contribution in [3.63, 3.8) is 0 Å². The molecule has 0 bridgehead atoms. The Morgan fingerprint density at radius 3 is 2.67 bits per heavy atom. The van der Waals surface area contributed by atoms with Gasteiger partial charge in [0.1, 0.15) is 22.8 Å². The summed E-state index contributed by atoms with van der Waals surface area (Å²) in [5, 5.41) is 6.84. The molecule has 0 saturated carbocycles. The number of hydrogen-bond acceptors (Lipinski definition) is 4. The second kappa shape index (κ2) is 7.02. The fourth-order valence-electron chi connectivity index (χ4n) is 2.58. The van der Waals surface area contributed by atoms with Crippen molar-refractivity contribution in [2.45, 2.75) is 0 Å². The lowest BCUT2D eigenvalue weighted by Gasteiger charge is -2.02. The molecule has 2 heterocycles. The predicted octanol–water partition coefficient (Wildman–Crippen LogP) is 4.94. The molecule has 4 rings (SSSR count). The number of fused-ring (bicyclic) bond motifs is 1. The summed E-state index contributed by atoms with van der Waals surface area (Å²) in [5.74, 6) is -1.45. The van der Waals surface area contributed by atoms with Gasteiger partial charge < -0.3 is 0 Å². The standard InChI is InChI=1S/C19H10ClF2N3OS/c20-13-4-1-11(2-5-13)15-9-27-18-17(15)19(26)25(10-23-18)24-8-12-3-6-14(21)7-16(12)22/h1-10H/b24-8+. The van der Waals surface area contributed by atoms with Gasteiger partial charge in [-0.05, 0) is 29.8 Å².